The van der Waals surface area contributed by atoms with Crippen molar-refractivity contribution in [1.82, 2.24) is 9.47 Å². The summed E-state index contributed by atoms with van der Waals surface area (Å²) in [4.78, 5) is 14.0. The lowest BCUT2D eigenvalue weighted by Gasteiger charge is -2.42. The van der Waals surface area contributed by atoms with Crippen molar-refractivity contribution in [3.8, 4) is 0 Å². The Balaban J connectivity index is 1.78. The van der Waals surface area contributed by atoms with Crippen molar-refractivity contribution in [2.24, 2.45) is 5.41 Å². The van der Waals surface area contributed by atoms with E-state index >= 15 is 0 Å². The predicted molar refractivity (Wildman–Crippen MR) is 98.5 cm³/mol. The third-order valence-electron chi connectivity index (χ3n) is 5.70. The van der Waals surface area contributed by atoms with E-state index in [4.69, 9.17) is 0 Å². The Labute approximate surface area is 148 Å². The van der Waals surface area contributed by atoms with Gasteiger partial charge in [0, 0.05) is 36.7 Å². The molecule has 5 nitrogen and oxygen atoms in total. The second-order valence-electron chi connectivity index (χ2n) is 7.16. The number of carbonyl (C=O) groups is 1. The summed E-state index contributed by atoms with van der Waals surface area (Å²) in [5, 5.41) is 21.5. The van der Waals surface area contributed by atoms with Gasteiger partial charge in [-0.15, -0.1) is 0 Å². The van der Waals surface area contributed by atoms with Gasteiger partial charge in [0.1, 0.15) is 0 Å². The van der Waals surface area contributed by atoms with Crippen LogP contribution in [0.5, 0.6) is 0 Å². The fourth-order valence-corrected chi connectivity index (χ4v) is 4.21. The van der Waals surface area contributed by atoms with Gasteiger partial charge in [-0.1, -0.05) is 25.5 Å². The van der Waals surface area contributed by atoms with Crippen LogP contribution >= 0.6 is 0 Å². The van der Waals surface area contributed by atoms with Crippen LogP contribution in [0.15, 0.2) is 30.5 Å². The molecule has 0 amide bonds. The van der Waals surface area contributed by atoms with Gasteiger partial charge in [-0.2, -0.15) is 0 Å². The Morgan fingerprint density at radius 1 is 1.32 bits per heavy atom. The Morgan fingerprint density at radius 3 is 2.76 bits per heavy atom. The van der Waals surface area contributed by atoms with Crippen molar-refractivity contribution >= 4 is 16.9 Å². The highest BCUT2D eigenvalue weighted by Gasteiger charge is 2.47. The molecule has 0 unspecified atom stereocenters. The first-order valence-electron chi connectivity index (χ1n) is 9.22. The highest BCUT2D eigenvalue weighted by molar-refractivity contribution is 5.83. The normalized spacial score (nSPS) is 24.7. The largest absolute Gasteiger partial charge is 0.481 e. The highest BCUT2D eigenvalue weighted by atomic mass is 16.4. The van der Waals surface area contributed by atoms with E-state index in [9.17, 15) is 15.0 Å². The molecule has 0 aliphatic carbocycles. The van der Waals surface area contributed by atoms with E-state index in [1.165, 1.54) is 16.5 Å². The minimum Gasteiger partial charge on any atom is -0.481 e. The molecule has 1 aromatic carbocycles. The molecule has 5 heteroatoms. The fraction of sp³-hybridized carbons (Fsp3) is 0.550. The number of carboxylic acids is 1. The van der Waals surface area contributed by atoms with Crippen molar-refractivity contribution in [2.75, 3.05) is 13.1 Å². The number of piperidine rings is 1. The predicted octanol–water partition coefficient (Wildman–Crippen LogP) is 3.10. The molecule has 1 aliphatic rings. The van der Waals surface area contributed by atoms with Gasteiger partial charge in [0.2, 0.25) is 0 Å². The number of rotatable bonds is 6. The van der Waals surface area contributed by atoms with Crippen LogP contribution in [0.4, 0.5) is 0 Å². The maximum Gasteiger partial charge on any atom is 0.312 e. The lowest BCUT2D eigenvalue weighted by molar-refractivity contribution is -0.164. The van der Waals surface area contributed by atoms with Gasteiger partial charge in [0.05, 0.1) is 11.5 Å². The first-order valence-corrected chi connectivity index (χ1v) is 9.22. The van der Waals surface area contributed by atoms with Crippen LogP contribution in [0.1, 0.15) is 38.7 Å². The van der Waals surface area contributed by atoms with E-state index < -0.39 is 17.5 Å². The molecular formula is C20H28N2O3. The quantitative estimate of drug-likeness (QED) is 0.845. The first kappa shape index (κ1) is 18.0. The van der Waals surface area contributed by atoms with Crippen molar-refractivity contribution in [1.29, 1.82) is 0 Å². The number of aliphatic hydroxyl groups is 1. The Bertz CT molecular complexity index is 754. The lowest BCUT2D eigenvalue weighted by Crippen LogP contribution is -2.54. The van der Waals surface area contributed by atoms with Gasteiger partial charge in [-0.05, 0) is 44.0 Å². The standard InChI is InChI=1S/C20H28N2O3/c1-3-9-20(19(24)25)10-12-21(14-18(20)23)13-15-6-5-7-17-16(15)8-11-22(17)4-2/h5-8,11,18,23H,3-4,9-10,12-14H2,1-2H3,(H,24,25)/t18-,20+/m1/s1. The molecule has 1 saturated heterocycles. The Hall–Kier alpha value is -1.85. The van der Waals surface area contributed by atoms with Crippen molar-refractivity contribution in [2.45, 2.75) is 52.3 Å². The van der Waals surface area contributed by atoms with Crippen LogP contribution in [0.25, 0.3) is 10.9 Å². The molecule has 3 rings (SSSR count). The number of nitrogens with zero attached hydrogens (tertiary/aromatic N) is 2. The maximum absolute atomic E-state index is 11.8. The lowest BCUT2D eigenvalue weighted by atomic mass is 9.72. The average Bonchev–Trinajstić information content (AvgIpc) is 3.01. The Morgan fingerprint density at radius 2 is 2.12 bits per heavy atom. The zero-order valence-electron chi connectivity index (χ0n) is 15.1. The summed E-state index contributed by atoms with van der Waals surface area (Å²) in [7, 11) is 0. The smallest absolute Gasteiger partial charge is 0.312 e. The molecule has 1 aliphatic heterocycles. The van der Waals surface area contributed by atoms with Gasteiger partial charge in [0.15, 0.2) is 0 Å². The van der Waals surface area contributed by atoms with Crippen molar-refractivity contribution in [3.63, 3.8) is 0 Å². The summed E-state index contributed by atoms with van der Waals surface area (Å²) >= 11 is 0. The maximum atomic E-state index is 11.8. The van der Waals surface area contributed by atoms with Crippen LogP contribution < -0.4 is 0 Å². The van der Waals surface area contributed by atoms with Crippen molar-refractivity contribution in [3.05, 3.63) is 36.0 Å². The molecule has 2 N–H and O–H groups in total. The molecule has 0 spiro atoms. The molecule has 136 valence electrons. The molecular weight excluding hydrogens is 316 g/mol. The van der Waals surface area contributed by atoms with Crippen LogP contribution in [-0.4, -0.2) is 44.8 Å². The highest BCUT2D eigenvalue weighted by Crippen LogP contribution is 2.37. The second-order valence-corrected chi connectivity index (χ2v) is 7.16. The molecule has 2 atom stereocenters. The third-order valence-corrected chi connectivity index (χ3v) is 5.70. The average molecular weight is 344 g/mol. The number of likely N-dealkylation sites (tertiary alicyclic amines) is 1. The molecule has 2 heterocycles. The second kappa shape index (κ2) is 7.18. The van der Waals surface area contributed by atoms with Gasteiger partial charge in [0.25, 0.3) is 0 Å². The summed E-state index contributed by atoms with van der Waals surface area (Å²) in [5.41, 5.74) is 1.47. The molecule has 0 radical (unpaired) electrons. The number of aliphatic carboxylic acids is 1. The molecule has 25 heavy (non-hydrogen) atoms. The van der Waals surface area contributed by atoms with E-state index in [2.05, 4.69) is 46.9 Å². The van der Waals surface area contributed by atoms with E-state index in [-0.39, 0.29) is 0 Å². The first-order chi connectivity index (χ1) is 12.0. The zero-order valence-corrected chi connectivity index (χ0v) is 15.1. The minimum absolute atomic E-state index is 0.414. The van der Waals surface area contributed by atoms with E-state index in [0.29, 0.717) is 25.9 Å². The van der Waals surface area contributed by atoms with Crippen LogP contribution in [0.2, 0.25) is 0 Å². The van der Waals surface area contributed by atoms with Gasteiger partial charge >= 0.3 is 5.97 Å². The van der Waals surface area contributed by atoms with Crippen LogP contribution in [0, 0.1) is 5.41 Å². The number of hydrogen-bond donors (Lipinski definition) is 2. The molecule has 0 bridgehead atoms. The summed E-state index contributed by atoms with van der Waals surface area (Å²) in [6.45, 7) is 6.90. The number of aryl methyl sites for hydroxylation is 1. The number of fused-ring (bicyclic) bond motifs is 1. The Kier molecular flexibility index (Phi) is 5.16. The zero-order chi connectivity index (χ0) is 18.0. The molecule has 0 saturated carbocycles. The summed E-state index contributed by atoms with van der Waals surface area (Å²) in [6.07, 6.45) is 3.09. The number of hydrogen-bond acceptors (Lipinski definition) is 3. The molecule has 1 aromatic heterocycles. The van der Waals surface area contributed by atoms with Crippen LogP contribution in [-0.2, 0) is 17.9 Å². The fourth-order valence-electron chi connectivity index (χ4n) is 4.21. The molecule has 2 aromatic rings. The minimum atomic E-state index is -0.983. The van der Waals surface area contributed by atoms with Gasteiger partial charge in [-0.3, -0.25) is 9.69 Å². The van der Waals surface area contributed by atoms with Gasteiger partial charge in [-0.25, -0.2) is 0 Å². The van der Waals surface area contributed by atoms with E-state index in [0.717, 1.165) is 19.5 Å². The SMILES string of the molecule is CCC[C@]1(C(=O)O)CCN(Cc2cccc3c2ccn3CC)C[C@H]1O. The number of aliphatic hydroxyl groups excluding tert-OH is 1. The van der Waals surface area contributed by atoms with Gasteiger partial charge < -0.3 is 14.8 Å². The topological polar surface area (TPSA) is 65.7 Å². The number of aromatic nitrogens is 1. The number of carboxylic acid groups (broad SMARTS) is 1. The summed E-state index contributed by atoms with van der Waals surface area (Å²) in [5.74, 6) is -0.858. The summed E-state index contributed by atoms with van der Waals surface area (Å²) in [6, 6.07) is 8.47. The van der Waals surface area contributed by atoms with Crippen molar-refractivity contribution < 1.29 is 15.0 Å². The number of benzene rings is 1. The molecule has 1 fully saturated rings. The summed E-state index contributed by atoms with van der Waals surface area (Å²) < 4.78 is 2.22. The van der Waals surface area contributed by atoms with E-state index in [1.807, 2.05) is 6.92 Å². The number of β-amino-alcohol motifs (C(OH)–C–C–N with tert-alkyl or cyclic N) is 1. The monoisotopic (exact) mass is 344 g/mol. The van der Waals surface area contributed by atoms with E-state index in [1.54, 1.807) is 0 Å². The van der Waals surface area contributed by atoms with Crippen LogP contribution in [0.3, 0.4) is 0 Å². The third kappa shape index (κ3) is 3.18.